The van der Waals surface area contributed by atoms with Crippen molar-refractivity contribution in [3.63, 3.8) is 0 Å². The number of rotatable bonds is 16. The van der Waals surface area contributed by atoms with Crippen LogP contribution in [0.25, 0.3) is 21.6 Å². The Morgan fingerprint density at radius 1 is 0.806 bits per heavy atom. The SMILES string of the molecule is COC(=O)c1ccc(OCC[Si](c2ccccc2)(c2ccccc2)C(C)(C)C)c2c1CN(c1ccc(-c3cnn(CC45CC6(C)CC(C)(C4)CC(OCCN=[N+]=[N-])(C6)C5)c3C)c(C(=O)OC(C)(C)C)n1)CC2. The van der Waals surface area contributed by atoms with E-state index in [2.05, 4.69) is 122 Å². The van der Waals surface area contributed by atoms with Gasteiger partial charge in [0.1, 0.15) is 25.2 Å². The molecule has 3 aromatic carbocycles. The first-order valence-corrected chi connectivity index (χ1v) is 28.0. The van der Waals surface area contributed by atoms with E-state index in [4.69, 9.17) is 34.6 Å². The van der Waals surface area contributed by atoms with Crippen LogP contribution in [0.5, 0.6) is 5.75 Å². The molecule has 3 heterocycles. The highest BCUT2D eigenvalue weighted by Gasteiger charge is 2.66. The van der Waals surface area contributed by atoms with Crippen LogP contribution in [0.4, 0.5) is 5.82 Å². The van der Waals surface area contributed by atoms with Gasteiger partial charge in [0.15, 0.2) is 5.69 Å². The summed E-state index contributed by atoms with van der Waals surface area (Å²) >= 11 is 0. The first-order chi connectivity index (χ1) is 34.1. The third-order valence-electron chi connectivity index (χ3n) is 16.3. The molecule has 13 nitrogen and oxygen atoms in total. The molecule has 4 fully saturated rings. The van der Waals surface area contributed by atoms with Crippen LogP contribution in [0.1, 0.15) is 132 Å². The number of pyridine rings is 1. The van der Waals surface area contributed by atoms with Crippen LogP contribution in [-0.4, -0.2) is 79.4 Å². The van der Waals surface area contributed by atoms with Crippen molar-refractivity contribution in [3.8, 4) is 16.9 Å². The highest BCUT2D eigenvalue weighted by Crippen LogP contribution is 2.72. The van der Waals surface area contributed by atoms with Crippen molar-refractivity contribution in [1.82, 2.24) is 14.8 Å². The molecule has 1 aliphatic heterocycles. The fraction of sp³-hybridized carbons (Fsp3) is 0.517. The van der Waals surface area contributed by atoms with Crippen molar-refractivity contribution >= 4 is 36.2 Å². The van der Waals surface area contributed by atoms with E-state index in [0.29, 0.717) is 56.2 Å². The lowest BCUT2D eigenvalue weighted by molar-refractivity contribution is -0.247. The summed E-state index contributed by atoms with van der Waals surface area (Å²) in [6.45, 7) is 22.5. The highest BCUT2D eigenvalue weighted by molar-refractivity contribution is 7.04. The minimum atomic E-state index is -2.40. The van der Waals surface area contributed by atoms with Gasteiger partial charge < -0.3 is 23.8 Å². The first-order valence-electron chi connectivity index (χ1n) is 25.8. The van der Waals surface area contributed by atoms with Crippen LogP contribution in [0.15, 0.2) is 96.2 Å². The van der Waals surface area contributed by atoms with Crippen molar-refractivity contribution in [2.24, 2.45) is 21.4 Å². The molecule has 0 spiro atoms. The molecule has 5 aromatic rings. The summed E-state index contributed by atoms with van der Waals surface area (Å²) in [5, 5.41) is 11.5. The van der Waals surface area contributed by atoms with Gasteiger partial charge >= 0.3 is 11.9 Å². The molecule has 14 heteroatoms. The number of hydrogen-bond donors (Lipinski definition) is 0. The largest absolute Gasteiger partial charge is 0.494 e. The van der Waals surface area contributed by atoms with E-state index in [-0.39, 0.29) is 32.6 Å². The molecular formula is C58H73N7O6Si. The number of benzene rings is 3. The van der Waals surface area contributed by atoms with Crippen LogP contribution in [-0.2, 0) is 33.7 Å². The third-order valence-corrected chi connectivity index (χ3v) is 22.5. The summed E-state index contributed by atoms with van der Waals surface area (Å²) in [4.78, 5) is 38.0. The quantitative estimate of drug-likeness (QED) is 0.0235. The lowest BCUT2D eigenvalue weighted by Crippen LogP contribution is -2.64. The van der Waals surface area contributed by atoms with Gasteiger partial charge in [0.25, 0.3) is 0 Å². The second-order valence-corrected chi connectivity index (χ2v) is 29.2. The second-order valence-electron chi connectivity index (χ2n) is 24.3. The zero-order valence-electron chi connectivity index (χ0n) is 44.1. The minimum absolute atomic E-state index is 0.0183. The van der Waals surface area contributed by atoms with Crippen molar-refractivity contribution in [3.05, 3.63) is 130 Å². The predicted octanol–water partition coefficient (Wildman–Crippen LogP) is 11.4. The molecule has 380 valence electrons. The number of hydrogen-bond acceptors (Lipinski definition) is 10. The number of fused-ring (bicyclic) bond motifs is 1. The molecule has 0 N–H and O–H groups in total. The van der Waals surface area contributed by atoms with Gasteiger partial charge in [-0.3, -0.25) is 4.68 Å². The van der Waals surface area contributed by atoms with Gasteiger partial charge in [-0.1, -0.05) is 111 Å². The Hall–Kier alpha value is -5.95. The zero-order chi connectivity index (χ0) is 51.3. The Labute approximate surface area is 426 Å². The van der Waals surface area contributed by atoms with E-state index in [1.807, 2.05) is 51.2 Å². The molecular weight excluding hydrogens is 919 g/mol. The van der Waals surface area contributed by atoms with Gasteiger partial charge in [-0.05, 0) is 135 Å². The highest BCUT2D eigenvalue weighted by atomic mass is 28.3. The number of azide groups is 1. The zero-order valence-corrected chi connectivity index (χ0v) is 45.1. The van der Waals surface area contributed by atoms with E-state index in [9.17, 15) is 9.59 Å². The van der Waals surface area contributed by atoms with Gasteiger partial charge in [-0.15, -0.1) is 0 Å². The summed E-state index contributed by atoms with van der Waals surface area (Å²) in [5.74, 6) is 0.439. The maximum Gasteiger partial charge on any atom is 0.358 e. The number of anilines is 1. The molecule has 72 heavy (non-hydrogen) atoms. The Bertz CT molecular complexity index is 2830. The van der Waals surface area contributed by atoms with Crippen LogP contribution in [0.3, 0.4) is 0 Å². The van der Waals surface area contributed by atoms with Gasteiger partial charge in [0.2, 0.25) is 0 Å². The molecule has 4 aliphatic carbocycles. The monoisotopic (exact) mass is 992 g/mol. The molecule has 0 radical (unpaired) electrons. The molecule has 0 saturated heterocycles. The molecule has 0 amide bonds. The van der Waals surface area contributed by atoms with E-state index >= 15 is 0 Å². The molecule has 2 atom stereocenters. The fourth-order valence-electron chi connectivity index (χ4n) is 14.7. The molecule has 5 aliphatic rings. The Kier molecular flexibility index (Phi) is 13.6. The normalized spacial score (nSPS) is 23.6. The van der Waals surface area contributed by atoms with Crippen LogP contribution >= 0.6 is 0 Å². The minimum Gasteiger partial charge on any atom is -0.494 e. The molecule has 4 saturated carbocycles. The maximum atomic E-state index is 14.3. The van der Waals surface area contributed by atoms with Gasteiger partial charge in [0.05, 0.1) is 37.7 Å². The van der Waals surface area contributed by atoms with E-state index in [0.717, 1.165) is 72.8 Å². The van der Waals surface area contributed by atoms with Crippen molar-refractivity contribution in [2.45, 2.75) is 143 Å². The van der Waals surface area contributed by atoms with Gasteiger partial charge in [-0.25, -0.2) is 14.6 Å². The van der Waals surface area contributed by atoms with Crippen molar-refractivity contribution < 1.29 is 28.5 Å². The van der Waals surface area contributed by atoms with Crippen LogP contribution in [0.2, 0.25) is 11.1 Å². The lowest BCUT2D eigenvalue weighted by atomic mass is 9.39. The topological polar surface area (TPSA) is 154 Å². The van der Waals surface area contributed by atoms with Gasteiger partial charge in [-0.2, -0.15) is 5.10 Å². The van der Waals surface area contributed by atoms with E-state index in [1.165, 1.54) is 23.9 Å². The van der Waals surface area contributed by atoms with Crippen LogP contribution < -0.4 is 20.0 Å². The average Bonchev–Trinajstić information content (AvgIpc) is 3.67. The Morgan fingerprint density at radius 3 is 2.08 bits per heavy atom. The average molecular weight is 992 g/mol. The van der Waals surface area contributed by atoms with Crippen molar-refractivity contribution in [2.75, 3.05) is 38.3 Å². The number of nitrogens with zero attached hydrogens (tertiary/aromatic N) is 7. The number of esters is 2. The van der Waals surface area contributed by atoms with E-state index in [1.54, 1.807) is 0 Å². The summed E-state index contributed by atoms with van der Waals surface area (Å²) in [7, 11) is -0.987. The second kappa shape index (κ2) is 19.1. The number of ether oxygens (including phenoxy) is 4. The molecule has 2 aromatic heterocycles. The summed E-state index contributed by atoms with van der Waals surface area (Å²) in [6.07, 6.45) is 8.78. The number of aromatic nitrogens is 3. The molecule has 2 unspecified atom stereocenters. The lowest BCUT2D eigenvalue weighted by Gasteiger charge is -2.69. The molecule has 10 rings (SSSR count). The van der Waals surface area contributed by atoms with Crippen LogP contribution in [0, 0.1) is 23.2 Å². The third kappa shape index (κ3) is 9.82. The molecule has 4 bridgehead atoms. The maximum absolute atomic E-state index is 14.3. The predicted molar refractivity (Wildman–Crippen MR) is 285 cm³/mol. The Balaban J connectivity index is 1.01. The summed E-state index contributed by atoms with van der Waals surface area (Å²) < 4.78 is 27.1. The van der Waals surface area contributed by atoms with Gasteiger partial charge in [0, 0.05) is 53.5 Å². The van der Waals surface area contributed by atoms with E-state index < -0.39 is 25.6 Å². The number of methoxy groups -OCH3 is 1. The van der Waals surface area contributed by atoms with Crippen molar-refractivity contribution in [1.29, 1.82) is 0 Å². The first kappa shape index (κ1) is 51.0. The Morgan fingerprint density at radius 2 is 1.47 bits per heavy atom. The summed E-state index contributed by atoms with van der Waals surface area (Å²) in [6, 6.07) is 30.4. The summed E-state index contributed by atoms with van der Waals surface area (Å²) in [5.41, 5.74) is 13.1. The fourth-order valence-corrected chi connectivity index (χ4v) is 20.1. The smallest absolute Gasteiger partial charge is 0.358 e. The standard InChI is InChI=1S/C58H73N7O6Si/c1-40-46(31-61-65(40)39-57-34-55(8)33-56(9,35-57)37-58(36-55,38-57)70-28-26-60-63-59)44-22-24-49(62-50(44)52(67)71-53(2,3)4)64-27-25-43-47(32-64)45(51(66)68-10)21-23-48(43)69-29-30-72(54(5,6)7,41-17-13-11-14-18-41)42-19-15-12-16-20-42/h11-24,31H,25-30,32-39H2,1-10H3. The number of carbonyl (C=O) groups is 2. The number of carbonyl (C=O) groups excluding carboxylic acids is 2.